The number of aromatic hydroxyl groups is 1. The quantitative estimate of drug-likeness (QED) is 0.107. The summed E-state index contributed by atoms with van der Waals surface area (Å²) in [5, 5.41) is 48.8. The molecule has 5 rings (SSSR count). The summed E-state index contributed by atoms with van der Waals surface area (Å²) in [6, 6.07) is 9.90. The number of ketones is 2. The third-order valence-electron chi connectivity index (χ3n) is 8.72. The zero-order valence-corrected chi connectivity index (χ0v) is 24.8. The lowest BCUT2D eigenvalue weighted by Gasteiger charge is -2.50. The summed E-state index contributed by atoms with van der Waals surface area (Å²) in [5.41, 5.74) is 9.83. The molecule has 1 amide bonds. The van der Waals surface area contributed by atoms with Gasteiger partial charge in [0.2, 0.25) is 5.78 Å². The molecule has 1 unspecified atom stereocenters. The van der Waals surface area contributed by atoms with E-state index in [0.29, 0.717) is 11.3 Å². The molecule has 0 heterocycles. The van der Waals surface area contributed by atoms with Crippen molar-refractivity contribution in [1.29, 1.82) is 0 Å². The molecule has 13 nitrogen and oxygen atoms in total. The van der Waals surface area contributed by atoms with Gasteiger partial charge in [-0.3, -0.25) is 19.3 Å². The number of nitrogens with two attached hydrogens (primary N) is 2. The number of likely N-dealkylation sites (N-methyl/N-ethyl adjacent to an activating group) is 1. The molecule has 0 radical (unpaired) electrons. The fourth-order valence-corrected chi connectivity index (χ4v) is 6.72. The molecule has 0 bridgehead atoms. The number of hydrogen-bond donors (Lipinski definition) is 7. The van der Waals surface area contributed by atoms with Gasteiger partial charge >= 0.3 is 0 Å². The van der Waals surface area contributed by atoms with Crippen molar-refractivity contribution in [2.24, 2.45) is 28.3 Å². The van der Waals surface area contributed by atoms with Gasteiger partial charge < -0.3 is 42.1 Å². The van der Waals surface area contributed by atoms with Crippen LogP contribution in [0.2, 0.25) is 0 Å². The molecule has 4 atom stereocenters. The molecule has 1 saturated carbocycles. The van der Waals surface area contributed by atoms with E-state index in [2.05, 4.69) is 10.3 Å². The summed E-state index contributed by atoms with van der Waals surface area (Å²) in [6.45, 7) is 0.276. The smallest absolute Gasteiger partial charge is 0.255 e. The van der Waals surface area contributed by atoms with Crippen molar-refractivity contribution in [2.75, 3.05) is 38.4 Å². The van der Waals surface area contributed by atoms with Gasteiger partial charge in [0.15, 0.2) is 17.3 Å². The molecule has 232 valence electrons. The van der Waals surface area contributed by atoms with Gasteiger partial charge in [0.25, 0.3) is 5.91 Å². The predicted molar refractivity (Wildman–Crippen MR) is 164 cm³/mol. The number of guanidine groups is 1. The van der Waals surface area contributed by atoms with Gasteiger partial charge in [0.05, 0.1) is 23.8 Å². The van der Waals surface area contributed by atoms with Gasteiger partial charge in [0.1, 0.15) is 22.8 Å². The molecule has 13 heteroatoms. The fraction of sp³-hybridized carbons (Fsp3) is 0.355. The molecule has 44 heavy (non-hydrogen) atoms. The third kappa shape index (κ3) is 4.64. The lowest BCUT2D eigenvalue weighted by Crippen LogP contribution is -2.65. The minimum absolute atomic E-state index is 0.00150. The Labute approximate surface area is 253 Å². The van der Waals surface area contributed by atoms with Gasteiger partial charge in [-0.05, 0) is 50.0 Å². The van der Waals surface area contributed by atoms with Gasteiger partial charge in [-0.2, -0.15) is 0 Å². The van der Waals surface area contributed by atoms with E-state index in [0.717, 1.165) is 5.56 Å². The van der Waals surface area contributed by atoms with Crippen molar-refractivity contribution in [3.05, 3.63) is 70.0 Å². The monoisotopic (exact) mass is 604 g/mol. The Morgan fingerprint density at radius 2 is 1.75 bits per heavy atom. The van der Waals surface area contributed by atoms with E-state index < -0.39 is 63.8 Å². The number of hydrogen-bond acceptors (Lipinski definition) is 10. The second-order valence-corrected chi connectivity index (χ2v) is 11.8. The van der Waals surface area contributed by atoms with Crippen LogP contribution >= 0.6 is 0 Å². The van der Waals surface area contributed by atoms with Gasteiger partial charge in [0, 0.05) is 31.3 Å². The molecule has 3 aliphatic carbocycles. The van der Waals surface area contributed by atoms with E-state index in [9.17, 15) is 34.8 Å². The second kappa shape index (κ2) is 11.0. The first kappa shape index (κ1) is 30.6. The Hall–Kier alpha value is -4.88. The van der Waals surface area contributed by atoms with Crippen LogP contribution in [0.3, 0.4) is 0 Å². The predicted octanol–water partition coefficient (Wildman–Crippen LogP) is 0.957. The standard InChI is InChI=1S/C31H36N6O7/c1-36(2)19-12-18(35-30(33)34-13-14-8-6-5-7-9-14)24(38)21-16(19)10-15-11-17-23(37(3)4)26(40)22(29(32)43)28(42)31(17,44)27(41)20(15)25(21)39/h5-9,12,15,17,23,38-39,42,44H,10-11,13H2,1-4H3,(H2,32,43)(H3,33,34,35)/t15-,17-,23?,31-/m0/s1. The maximum atomic E-state index is 14.1. The number of primary amides is 1. The van der Waals surface area contributed by atoms with Crippen LogP contribution < -0.4 is 21.7 Å². The van der Waals surface area contributed by atoms with Crippen LogP contribution in [0.5, 0.6) is 5.75 Å². The van der Waals surface area contributed by atoms with Crippen molar-refractivity contribution in [2.45, 2.75) is 31.0 Å². The average Bonchev–Trinajstić information content (AvgIpc) is 2.95. The Morgan fingerprint density at radius 3 is 2.34 bits per heavy atom. The van der Waals surface area contributed by atoms with Crippen molar-refractivity contribution in [3.63, 3.8) is 0 Å². The third-order valence-corrected chi connectivity index (χ3v) is 8.72. The summed E-state index contributed by atoms with van der Waals surface area (Å²) in [6.07, 6.45) is 0.159. The van der Waals surface area contributed by atoms with Crippen molar-refractivity contribution >= 4 is 40.6 Å². The minimum atomic E-state index is -2.71. The Balaban J connectivity index is 1.63. The van der Waals surface area contributed by atoms with E-state index in [1.807, 2.05) is 30.3 Å². The van der Waals surface area contributed by atoms with Crippen LogP contribution in [-0.4, -0.2) is 88.6 Å². The van der Waals surface area contributed by atoms with Crippen molar-refractivity contribution < 1.29 is 34.8 Å². The zero-order valence-electron chi connectivity index (χ0n) is 24.8. The average molecular weight is 605 g/mol. The first-order valence-corrected chi connectivity index (χ1v) is 14.0. The van der Waals surface area contributed by atoms with Crippen molar-refractivity contribution in [1.82, 2.24) is 4.90 Å². The number of amides is 1. The summed E-state index contributed by atoms with van der Waals surface area (Å²) < 4.78 is 0. The Morgan fingerprint density at radius 1 is 1.09 bits per heavy atom. The molecule has 2 aromatic carbocycles. The van der Waals surface area contributed by atoms with Crippen LogP contribution in [0.15, 0.2) is 58.3 Å². The molecule has 0 spiro atoms. The molecular formula is C31H36N6O7. The van der Waals surface area contributed by atoms with Crippen molar-refractivity contribution in [3.8, 4) is 5.75 Å². The van der Waals surface area contributed by atoms with Crippen LogP contribution in [0, 0.1) is 11.8 Å². The number of carbonyl (C=O) groups is 3. The highest BCUT2D eigenvalue weighted by Crippen LogP contribution is 2.54. The molecule has 1 fully saturated rings. The highest BCUT2D eigenvalue weighted by atomic mass is 16.3. The molecule has 9 N–H and O–H groups in total. The first-order valence-electron chi connectivity index (χ1n) is 14.0. The number of phenols is 1. The fourth-order valence-electron chi connectivity index (χ4n) is 6.72. The number of nitrogens with zero attached hydrogens (tertiary/aromatic N) is 3. The SMILES string of the molecule is CN(C)c1cc(NC(N)=NCc2ccccc2)c(O)c2c1C[C@H]1C[C@H]3C(N(C)C)C(=O)C(C(N)=O)=C(O)[C@@]3(O)C(=O)C1=C2O. The van der Waals surface area contributed by atoms with Crippen LogP contribution in [0.4, 0.5) is 11.4 Å². The van der Waals surface area contributed by atoms with Gasteiger partial charge in [-0.15, -0.1) is 0 Å². The van der Waals surface area contributed by atoms with Crippen LogP contribution in [0.1, 0.15) is 23.1 Å². The van der Waals surface area contributed by atoms with Gasteiger partial charge in [-0.1, -0.05) is 30.3 Å². The van der Waals surface area contributed by atoms with E-state index in [1.165, 1.54) is 4.90 Å². The number of aliphatic hydroxyl groups excluding tert-OH is 2. The number of anilines is 2. The summed E-state index contributed by atoms with van der Waals surface area (Å²) >= 11 is 0. The maximum absolute atomic E-state index is 14.1. The number of carbonyl (C=O) groups excluding carboxylic acids is 3. The van der Waals surface area contributed by atoms with E-state index in [4.69, 9.17) is 11.5 Å². The molecule has 0 aliphatic heterocycles. The van der Waals surface area contributed by atoms with E-state index in [1.54, 1.807) is 39.2 Å². The summed E-state index contributed by atoms with van der Waals surface area (Å²) in [7, 11) is 6.67. The lowest BCUT2D eigenvalue weighted by atomic mass is 9.57. The summed E-state index contributed by atoms with van der Waals surface area (Å²) in [5.74, 6) is -7.15. The number of rotatable bonds is 6. The first-order chi connectivity index (χ1) is 20.7. The summed E-state index contributed by atoms with van der Waals surface area (Å²) in [4.78, 5) is 47.1. The number of phenolic OH excluding ortho intramolecular Hbond substituents is 1. The maximum Gasteiger partial charge on any atom is 0.255 e. The molecule has 0 saturated heterocycles. The second-order valence-electron chi connectivity index (χ2n) is 11.8. The Kier molecular flexibility index (Phi) is 7.64. The molecule has 2 aromatic rings. The largest absolute Gasteiger partial charge is 0.508 e. The number of Topliss-reactive ketones (excluding diaryl/α,β-unsaturated/α-hetero) is 2. The normalized spacial score (nSPS) is 25.0. The molecular weight excluding hydrogens is 568 g/mol. The number of benzene rings is 2. The molecule has 0 aromatic heterocycles. The van der Waals surface area contributed by atoms with Crippen LogP contribution in [0.25, 0.3) is 5.76 Å². The van der Waals surface area contributed by atoms with Crippen LogP contribution in [-0.2, 0) is 27.3 Å². The topological polar surface area (TPSA) is 215 Å². The number of aliphatic hydroxyl groups is 3. The van der Waals surface area contributed by atoms with Gasteiger partial charge in [-0.25, -0.2) is 4.99 Å². The number of fused-ring (bicyclic) bond motifs is 3. The van der Waals surface area contributed by atoms with E-state index in [-0.39, 0.29) is 42.2 Å². The highest BCUT2D eigenvalue weighted by molar-refractivity contribution is 6.24. The number of nitrogens with one attached hydrogen (secondary N) is 1. The van der Waals surface area contributed by atoms with E-state index >= 15 is 0 Å². The highest BCUT2D eigenvalue weighted by Gasteiger charge is 2.64. The lowest BCUT2D eigenvalue weighted by molar-refractivity contribution is -0.153. The Bertz CT molecular complexity index is 1660. The zero-order chi connectivity index (χ0) is 32.2. The minimum Gasteiger partial charge on any atom is -0.508 e. The number of aliphatic imine (C=N–C) groups is 1. The molecule has 3 aliphatic rings.